The molecule has 0 radical (unpaired) electrons. The number of nitrogens with zero attached hydrogens (tertiary/aromatic N) is 1. The molecule has 2 nitrogen and oxygen atoms in total. The van der Waals surface area contributed by atoms with E-state index in [4.69, 9.17) is 5.73 Å². The Hall–Kier alpha value is -1.28. The number of benzene rings is 1. The molecular formula is C13H18N2. The third kappa shape index (κ3) is 1.65. The summed E-state index contributed by atoms with van der Waals surface area (Å²) in [5.41, 5.74) is 8.42. The average molecular weight is 202 g/mol. The molecule has 1 aromatic heterocycles. The van der Waals surface area contributed by atoms with Crippen LogP contribution in [0.5, 0.6) is 0 Å². The van der Waals surface area contributed by atoms with Crippen LogP contribution in [-0.4, -0.2) is 11.1 Å². The number of aryl methyl sites for hydroxylation is 1. The second-order valence-corrected chi connectivity index (χ2v) is 4.79. The molecule has 0 fully saturated rings. The molecule has 0 amide bonds. The Bertz CT molecular complexity index is 480. The monoisotopic (exact) mass is 202 g/mol. The van der Waals surface area contributed by atoms with Crippen molar-refractivity contribution in [2.24, 2.45) is 12.8 Å². The van der Waals surface area contributed by atoms with E-state index in [2.05, 4.69) is 55.9 Å². The molecule has 0 spiro atoms. The molecule has 80 valence electrons. The number of aromatic nitrogens is 1. The van der Waals surface area contributed by atoms with E-state index in [1.807, 2.05) is 0 Å². The standard InChI is InChI=1S/C13H18N2/c1-13(2,9-14)11-4-5-12-10(8-11)6-7-15(12)3/h4-8H,9,14H2,1-3H3. The number of nitrogens with two attached hydrogens (primary N) is 1. The quantitative estimate of drug-likeness (QED) is 0.796. The van der Waals surface area contributed by atoms with Gasteiger partial charge in [0.15, 0.2) is 0 Å². The van der Waals surface area contributed by atoms with Crippen LogP contribution >= 0.6 is 0 Å². The van der Waals surface area contributed by atoms with Crippen molar-refractivity contribution in [3.05, 3.63) is 36.0 Å². The van der Waals surface area contributed by atoms with Gasteiger partial charge in [0, 0.05) is 30.7 Å². The van der Waals surface area contributed by atoms with Gasteiger partial charge in [-0.2, -0.15) is 0 Å². The first-order valence-electron chi connectivity index (χ1n) is 5.30. The molecule has 2 heteroatoms. The van der Waals surface area contributed by atoms with Crippen LogP contribution in [0.15, 0.2) is 30.5 Å². The highest BCUT2D eigenvalue weighted by atomic mass is 14.9. The summed E-state index contributed by atoms with van der Waals surface area (Å²) in [5.74, 6) is 0. The predicted molar refractivity (Wildman–Crippen MR) is 65.0 cm³/mol. The van der Waals surface area contributed by atoms with Crippen molar-refractivity contribution in [1.82, 2.24) is 4.57 Å². The molecule has 0 bridgehead atoms. The topological polar surface area (TPSA) is 30.9 Å². The van der Waals surface area contributed by atoms with Crippen LogP contribution < -0.4 is 5.73 Å². The number of fused-ring (bicyclic) bond motifs is 1. The van der Waals surface area contributed by atoms with Crippen LogP contribution in [0.2, 0.25) is 0 Å². The predicted octanol–water partition coefficient (Wildman–Crippen LogP) is 2.41. The van der Waals surface area contributed by atoms with E-state index in [9.17, 15) is 0 Å². The van der Waals surface area contributed by atoms with Gasteiger partial charge in [0.05, 0.1) is 0 Å². The highest BCUT2D eigenvalue weighted by molar-refractivity contribution is 5.81. The van der Waals surface area contributed by atoms with Crippen molar-refractivity contribution < 1.29 is 0 Å². The van der Waals surface area contributed by atoms with Crippen LogP contribution in [0, 0.1) is 0 Å². The third-order valence-electron chi connectivity index (χ3n) is 3.18. The molecule has 15 heavy (non-hydrogen) atoms. The van der Waals surface area contributed by atoms with Crippen molar-refractivity contribution >= 4 is 10.9 Å². The summed E-state index contributed by atoms with van der Waals surface area (Å²) in [4.78, 5) is 0. The van der Waals surface area contributed by atoms with Crippen LogP contribution in [0.1, 0.15) is 19.4 Å². The zero-order chi connectivity index (χ0) is 11.1. The Morgan fingerprint density at radius 1 is 1.27 bits per heavy atom. The highest BCUT2D eigenvalue weighted by Gasteiger charge is 2.18. The molecule has 0 unspecified atom stereocenters. The molecular weight excluding hydrogens is 184 g/mol. The van der Waals surface area contributed by atoms with E-state index in [0.717, 1.165) is 0 Å². The van der Waals surface area contributed by atoms with Gasteiger partial charge in [0.25, 0.3) is 0 Å². The maximum Gasteiger partial charge on any atom is 0.0477 e. The highest BCUT2D eigenvalue weighted by Crippen LogP contribution is 2.25. The summed E-state index contributed by atoms with van der Waals surface area (Å²) in [6.45, 7) is 5.03. The first kappa shape index (κ1) is 10.2. The summed E-state index contributed by atoms with van der Waals surface area (Å²) >= 11 is 0. The Kier molecular flexibility index (Phi) is 2.31. The summed E-state index contributed by atoms with van der Waals surface area (Å²) in [5, 5.41) is 1.29. The lowest BCUT2D eigenvalue weighted by Crippen LogP contribution is -2.27. The van der Waals surface area contributed by atoms with Gasteiger partial charge >= 0.3 is 0 Å². The number of hydrogen-bond donors (Lipinski definition) is 1. The van der Waals surface area contributed by atoms with Crippen molar-refractivity contribution in [3.8, 4) is 0 Å². The lowest BCUT2D eigenvalue weighted by molar-refractivity contribution is 0.540. The minimum atomic E-state index is 0.0596. The Balaban J connectivity index is 2.57. The van der Waals surface area contributed by atoms with Crippen molar-refractivity contribution in [3.63, 3.8) is 0 Å². The normalized spacial score (nSPS) is 12.3. The smallest absolute Gasteiger partial charge is 0.0477 e. The maximum atomic E-state index is 5.78. The molecule has 0 saturated carbocycles. The summed E-state index contributed by atoms with van der Waals surface area (Å²) < 4.78 is 2.13. The van der Waals surface area contributed by atoms with Crippen molar-refractivity contribution in [2.75, 3.05) is 6.54 Å². The van der Waals surface area contributed by atoms with E-state index in [1.165, 1.54) is 16.5 Å². The SMILES string of the molecule is Cn1ccc2cc(C(C)(C)CN)ccc21. The van der Waals surface area contributed by atoms with E-state index >= 15 is 0 Å². The van der Waals surface area contributed by atoms with Gasteiger partial charge in [0.1, 0.15) is 0 Å². The molecule has 0 aliphatic rings. The number of rotatable bonds is 2. The summed E-state index contributed by atoms with van der Waals surface area (Å²) in [7, 11) is 2.07. The molecule has 2 N–H and O–H groups in total. The fourth-order valence-electron chi connectivity index (χ4n) is 1.82. The lowest BCUT2D eigenvalue weighted by atomic mass is 9.84. The Labute approximate surface area is 90.7 Å². The first-order chi connectivity index (χ1) is 7.04. The molecule has 2 aromatic rings. The van der Waals surface area contributed by atoms with Gasteiger partial charge in [-0.3, -0.25) is 0 Å². The summed E-state index contributed by atoms with van der Waals surface area (Å²) in [6, 6.07) is 8.73. The van der Waals surface area contributed by atoms with E-state index < -0.39 is 0 Å². The zero-order valence-electron chi connectivity index (χ0n) is 9.62. The van der Waals surface area contributed by atoms with Gasteiger partial charge in [0.2, 0.25) is 0 Å². The molecule has 0 atom stereocenters. The van der Waals surface area contributed by atoms with Crippen LogP contribution in [0.25, 0.3) is 10.9 Å². The van der Waals surface area contributed by atoms with Gasteiger partial charge < -0.3 is 10.3 Å². The molecule has 1 aromatic carbocycles. The lowest BCUT2D eigenvalue weighted by Gasteiger charge is -2.23. The largest absolute Gasteiger partial charge is 0.351 e. The van der Waals surface area contributed by atoms with Gasteiger partial charge in [-0.05, 0) is 29.1 Å². The Morgan fingerprint density at radius 3 is 2.67 bits per heavy atom. The average Bonchev–Trinajstić information content (AvgIpc) is 2.60. The minimum Gasteiger partial charge on any atom is -0.351 e. The molecule has 0 aliphatic carbocycles. The molecule has 0 aliphatic heterocycles. The first-order valence-corrected chi connectivity index (χ1v) is 5.30. The Morgan fingerprint density at radius 2 is 2.00 bits per heavy atom. The van der Waals surface area contributed by atoms with E-state index in [1.54, 1.807) is 0 Å². The van der Waals surface area contributed by atoms with Crippen LogP contribution in [0.3, 0.4) is 0 Å². The second-order valence-electron chi connectivity index (χ2n) is 4.79. The van der Waals surface area contributed by atoms with Crippen molar-refractivity contribution in [1.29, 1.82) is 0 Å². The van der Waals surface area contributed by atoms with Crippen molar-refractivity contribution in [2.45, 2.75) is 19.3 Å². The fraction of sp³-hybridized carbons (Fsp3) is 0.385. The second kappa shape index (κ2) is 3.38. The summed E-state index contributed by atoms with van der Waals surface area (Å²) in [6.07, 6.45) is 2.09. The molecule has 1 heterocycles. The van der Waals surface area contributed by atoms with Gasteiger partial charge in [-0.25, -0.2) is 0 Å². The van der Waals surface area contributed by atoms with E-state index in [-0.39, 0.29) is 5.41 Å². The molecule has 2 rings (SSSR count). The fourth-order valence-corrected chi connectivity index (χ4v) is 1.82. The van der Waals surface area contributed by atoms with Gasteiger partial charge in [-0.1, -0.05) is 19.9 Å². The third-order valence-corrected chi connectivity index (χ3v) is 3.18. The van der Waals surface area contributed by atoms with Crippen LogP contribution in [-0.2, 0) is 12.5 Å². The molecule has 0 saturated heterocycles. The van der Waals surface area contributed by atoms with Gasteiger partial charge in [-0.15, -0.1) is 0 Å². The minimum absolute atomic E-state index is 0.0596. The van der Waals surface area contributed by atoms with Crippen LogP contribution in [0.4, 0.5) is 0 Å². The number of hydrogen-bond acceptors (Lipinski definition) is 1. The van der Waals surface area contributed by atoms with E-state index in [0.29, 0.717) is 6.54 Å². The zero-order valence-corrected chi connectivity index (χ0v) is 9.62. The maximum absolute atomic E-state index is 5.78.